The maximum atomic E-state index is 12.0. The van der Waals surface area contributed by atoms with Crippen molar-refractivity contribution < 1.29 is 14.3 Å². The first-order valence-electron chi connectivity index (χ1n) is 6.45. The van der Waals surface area contributed by atoms with Crippen molar-refractivity contribution in [2.75, 3.05) is 20.3 Å². The van der Waals surface area contributed by atoms with Crippen LogP contribution in [0, 0.1) is 6.92 Å². The van der Waals surface area contributed by atoms with Crippen molar-refractivity contribution in [2.45, 2.75) is 13.3 Å². The molecular weight excluding hydrogens is 310 g/mol. The van der Waals surface area contributed by atoms with E-state index in [2.05, 4.69) is 4.98 Å². The molecule has 1 heterocycles. The minimum atomic E-state index is -0.0967. The van der Waals surface area contributed by atoms with Gasteiger partial charge in [-0.3, -0.25) is 4.79 Å². The molecule has 0 aliphatic heterocycles. The van der Waals surface area contributed by atoms with Crippen LogP contribution < -0.4 is 4.74 Å². The summed E-state index contributed by atoms with van der Waals surface area (Å²) >= 11 is 7.60. The summed E-state index contributed by atoms with van der Waals surface area (Å²) in [6, 6.07) is 4.96. The van der Waals surface area contributed by atoms with Crippen molar-refractivity contribution in [3.63, 3.8) is 0 Å². The topological polar surface area (TPSA) is 48.4 Å². The lowest BCUT2D eigenvalue weighted by molar-refractivity contribution is 0.0766. The first kappa shape index (κ1) is 15.9. The van der Waals surface area contributed by atoms with Gasteiger partial charge in [-0.25, -0.2) is 4.98 Å². The van der Waals surface area contributed by atoms with Crippen LogP contribution in [0.2, 0.25) is 5.02 Å². The zero-order valence-corrected chi connectivity index (χ0v) is 13.5. The Hall–Kier alpha value is -1.43. The molecule has 6 heteroatoms. The quantitative estimate of drug-likeness (QED) is 0.577. The van der Waals surface area contributed by atoms with Gasteiger partial charge in [0.15, 0.2) is 5.78 Å². The zero-order valence-electron chi connectivity index (χ0n) is 11.9. The predicted molar refractivity (Wildman–Crippen MR) is 83.7 cm³/mol. The molecule has 21 heavy (non-hydrogen) atoms. The highest BCUT2D eigenvalue weighted by Gasteiger charge is 2.10. The van der Waals surface area contributed by atoms with Crippen molar-refractivity contribution in [3.05, 3.63) is 44.9 Å². The third kappa shape index (κ3) is 4.27. The Morgan fingerprint density at radius 3 is 2.86 bits per heavy atom. The van der Waals surface area contributed by atoms with Crippen LogP contribution in [0.3, 0.4) is 0 Å². The fraction of sp³-hybridized carbons (Fsp3) is 0.333. The molecule has 1 aromatic carbocycles. The van der Waals surface area contributed by atoms with E-state index in [1.807, 2.05) is 12.4 Å². The monoisotopic (exact) mass is 325 g/mol. The molecule has 0 bridgehead atoms. The number of ether oxygens (including phenoxy) is 2. The van der Waals surface area contributed by atoms with Crippen molar-refractivity contribution in [1.82, 2.24) is 4.98 Å². The van der Waals surface area contributed by atoms with E-state index in [1.165, 1.54) is 12.0 Å². The van der Waals surface area contributed by atoms with Gasteiger partial charge in [0, 0.05) is 16.9 Å². The molecule has 0 aliphatic rings. The summed E-state index contributed by atoms with van der Waals surface area (Å²) in [5, 5.41) is 0.420. The van der Waals surface area contributed by atoms with Gasteiger partial charge in [-0.05, 0) is 25.1 Å². The number of nitrogens with zero attached hydrogens (tertiary/aromatic N) is 1. The molecule has 0 saturated carbocycles. The van der Waals surface area contributed by atoms with Gasteiger partial charge >= 0.3 is 0 Å². The average molecular weight is 326 g/mol. The fourth-order valence-electron chi connectivity index (χ4n) is 1.82. The minimum Gasteiger partial charge on any atom is -0.495 e. The average Bonchev–Trinajstić information content (AvgIpc) is 2.88. The molecule has 1 aromatic heterocycles. The molecule has 0 spiro atoms. The molecule has 0 aliphatic carbocycles. The summed E-state index contributed by atoms with van der Waals surface area (Å²) in [5.41, 5.74) is 3.36. The molecule has 0 amide bonds. The van der Waals surface area contributed by atoms with Gasteiger partial charge in [0.1, 0.15) is 12.4 Å². The van der Waals surface area contributed by atoms with E-state index in [1.54, 1.807) is 29.5 Å². The third-order valence-electron chi connectivity index (χ3n) is 3.03. The van der Waals surface area contributed by atoms with E-state index in [4.69, 9.17) is 21.1 Å². The van der Waals surface area contributed by atoms with Crippen LogP contribution in [0.1, 0.15) is 20.9 Å². The van der Waals surface area contributed by atoms with Gasteiger partial charge in [0.2, 0.25) is 0 Å². The summed E-state index contributed by atoms with van der Waals surface area (Å²) < 4.78 is 10.5. The van der Waals surface area contributed by atoms with Gasteiger partial charge in [-0.15, -0.1) is 11.3 Å². The number of rotatable bonds is 7. The Balaban J connectivity index is 1.82. The van der Waals surface area contributed by atoms with E-state index in [-0.39, 0.29) is 12.4 Å². The highest BCUT2D eigenvalue weighted by Crippen LogP contribution is 2.25. The van der Waals surface area contributed by atoms with Crippen LogP contribution in [-0.2, 0) is 11.2 Å². The van der Waals surface area contributed by atoms with Gasteiger partial charge in [-0.1, -0.05) is 11.6 Å². The first-order valence-corrected chi connectivity index (χ1v) is 7.71. The summed E-state index contributed by atoms with van der Waals surface area (Å²) in [5.74, 6) is 0.454. The Bertz CT molecular complexity index is 627. The molecule has 0 atom stereocenters. The number of carbonyl (C=O) groups excluding carboxylic acids is 1. The first-order chi connectivity index (χ1) is 10.1. The molecule has 4 nitrogen and oxygen atoms in total. The number of hydrogen-bond donors (Lipinski definition) is 0. The molecule has 2 rings (SSSR count). The maximum Gasteiger partial charge on any atom is 0.188 e. The molecule has 0 unspecified atom stereocenters. The smallest absolute Gasteiger partial charge is 0.188 e. The van der Waals surface area contributed by atoms with Crippen LogP contribution in [-0.4, -0.2) is 31.1 Å². The van der Waals surface area contributed by atoms with Crippen LogP contribution in [0.5, 0.6) is 5.75 Å². The number of halogens is 1. The Labute approximate surface area is 132 Å². The Kier molecular flexibility index (Phi) is 5.73. The summed E-state index contributed by atoms with van der Waals surface area (Å²) in [4.78, 5) is 17.4. The summed E-state index contributed by atoms with van der Waals surface area (Å²) in [6.07, 6.45) is 0.771. The number of thiazole rings is 1. The molecule has 0 fully saturated rings. The molecule has 0 radical (unpaired) electrons. The van der Waals surface area contributed by atoms with Crippen LogP contribution in [0.25, 0.3) is 0 Å². The third-order valence-corrected chi connectivity index (χ3v) is 4.32. The Morgan fingerprint density at radius 2 is 2.24 bits per heavy atom. The molecular formula is C15H16ClNO3S. The predicted octanol–water partition coefficient (Wildman–Crippen LogP) is 3.56. The number of aryl methyl sites for hydroxylation is 1. The highest BCUT2D eigenvalue weighted by atomic mass is 35.5. The number of hydrogen-bond acceptors (Lipinski definition) is 5. The number of Topliss-reactive ketones (excluding diaryl/α,β-unsaturated/α-hetero) is 1. The lowest BCUT2D eigenvalue weighted by atomic mass is 10.1. The van der Waals surface area contributed by atoms with E-state index in [9.17, 15) is 4.79 Å². The second-order valence-corrected chi connectivity index (χ2v) is 5.78. The highest BCUT2D eigenvalue weighted by molar-refractivity contribution is 7.09. The van der Waals surface area contributed by atoms with Gasteiger partial charge in [0.05, 0.1) is 29.9 Å². The van der Waals surface area contributed by atoms with E-state index in [0.717, 1.165) is 12.1 Å². The van der Waals surface area contributed by atoms with Crippen molar-refractivity contribution in [3.8, 4) is 5.75 Å². The molecule has 0 saturated heterocycles. The number of methoxy groups -OCH3 is 1. The standard InChI is InChI=1S/C15H16ClNO3S/c1-10-15(21-9-17-10)5-6-20-8-13(18)11-3-4-14(19-2)12(16)7-11/h3-4,7,9H,5-6,8H2,1-2H3. The number of benzene rings is 1. The minimum absolute atomic E-state index is 0.0422. The second-order valence-electron chi connectivity index (χ2n) is 4.44. The van der Waals surface area contributed by atoms with Gasteiger partial charge in [0.25, 0.3) is 0 Å². The van der Waals surface area contributed by atoms with Crippen molar-refractivity contribution in [2.24, 2.45) is 0 Å². The fourth-order valence-corrected chi connectivity index (χ4v) is 2.84. The SMILES string of the molecule is COc1ccc(C(=O)COCCc2scnc2C)cc1Cl. The van der Waals surface area contributed by atoms with E-state index >= 15 is 0 Å². The van der Waals surface area contributed by atoms with Crippen LogP contribution in [0.15, 0.2) is 23.7 Å². The van der Waals surface area contributed by atoms with Gasteiger partial charge < -0.3 is 9.47 Å². The summed E-state index contributed by atoms with van der Waals surface area (Å²) in [6.45, 7) is 2.51. The molecule has 112 valence electrons. The second kappa shape index (κ2) is 7.54. The van der Waals surface area contributed by atoms with E-state index < -0.39 is 0 Å². The van der Waals surface area contributed by atoms with Crippen LogP contribution in [0.4, 0.5) is 0 Å². The van der Waals surface area contributed by atoms with Crippen LogP contribution >= 0.6 is 22.9 Å². The zero-order chi connectivity index (χ0) is 15.2. The molecule has 0 N–H and O–H groups in total. The Morgan fingerprint density at radius 1 is 1.43 bits per heavy atom. The largest absolute Gasteiger partial charge is 0.495 e. The number of carbonyl (C=O) groups is 1. The maximum absolute atomic E-state index is 12.0. The van der Waals surface area contributed by atoms with Crippen molar-refractivity contribution >= 4 is 28.7 Å². The normalized spacial score (nSPS) is 10.6. The van der Waals surface area contributed by atoms with Gasteiger partial charge in [-0.2, -0.15) is 0 Å². The summed E-state index contributed by atoms with van der Waals surface area (Å²) in [7, 11) is 1.53. The van der Waals surface area contributed by atoms with E-state index in [0.29, 0.717) is 22.9 Å². The van der Waals surface area contributed by atoms with Crippen molar-refractivity contribution in [1.29, 1.82) is 0 Å². The number of ketones is 1. The lowest BCUT2D eigenvalue weighted by Gasteiger charge is -2.06. The lowest BCUT2D eigenvalue weighted by Crippen LogP contribution is -2.11. The molecule has 2 aromatic rings. The number of aromatic nitrogens is 1.